The second-order valence-corrected chi connectivity index (χ2v) is 8.01. The molecule has 1 N–H and O–H groups in total. The van der Waals surface area contributed by atoms with Crippen LogP contribution in [0.3, 0.4) is 0 Å². The highest BCUT2D eigenvalue weighted by Gasteiger charge is 2.24. The first-order valence-corrected chi connectivity index (χ1v) is 11.3. The maximum atomic E-state index is 13.0. The summed E-state index contributed by atoms with van der Waals surface area (Å²) in [4.78, 5) is 34.3. The number of aryl methyl sites for hydroxylation is 1. The van der Waals surface area contributed by atoms with Gasteiger partial charge in [0.15, 0.2) is 6.10 Å². The molecule has 2 aromatic heterocycles. The molecule has 170 valence electrons. The van der Waals surface area contributed by atoms with Gasteiger partial charge in [-0.05, 0) is 49.7 Å². The Hall–Kier alpha value is -4.26. The molecule has 0 saturated heterocycles. The fraction of sp³-hybridized carbons (Fsp3) is 0.185. The summed E-state index contributed by atoms with van der Waals surface area (Å²) in [5, 5.41) is 5.11. The number of ether oxygens (including phenoxy) is 1. The van der Waals surface area contributed by atoms with E-state index in [2.05, 4.69) is 38.9 Å². The van der Waals surface area contributed by atoms with Crippen LogP contribution in [0, 0.1) is 0 Å². The minimum atomic E-state index is -0.938. The first-order valence-electron chi connectivity index (χ1n) is 11.3. The second kappa shape index (κ2) is 8.94. The van der Waals surface area contributed by atoms with Crippen molar-refractivity contribution in [2.24, 2.45) is 0 Å². The average molecular weight is 453 g/mol. The highest BCUT2D eigenvalue weighted by Crippen LogP contribution is 2.31. The molecule has 0 saturated carbocycles. The first-order chi connectivity index (χ1) is 16.6. The highest BCUT2D eigenvalue weighted by molar-refractivity contribution is 6.10. The summed E-state index contributed by atoms with van der Waals surface area (Å²) >= 11 is 0. The monoisotopic (exact) mass is 452 g/mol. The molecule has 0 radical (unpaired) electrons. The van der Waals surface area contributed by atoms with E-state index < -0.39 is 12.1 Å². The van der Waals surface area contributed by atoms with Gasteiger partial charge in [0, 0.05) is 46.4 Å². The summed E-state index contributed by atoms with van der Waals surface area (Å²) in [6.45, 7) is 4.77. The van der Waals surface area contributed by atoms with Crippen LogP contribution in [0.2, 0.25) is 0 Å². The molecule has 1 amide bonds. The third-order valence-electron chi connectivity index (χ3n) is 5.99. The molecule has 7 nitrogen and oxygen atoms in total. The van der Waals surface area contributed by atoms with Crippen LogP contribution in [0.15, 0.2) is 73.1 Å². The molecule has 0 aliphatic carbocycles. The van der Waals surface area contributed by atoms with Crippen molar-refractivity contribution in [2.75, 3.05) is 5.32 Å². The lowest BCUT2D eigenvalue weighted by atomic mass is 10.1. The van der Waals surface area contributed by atoms with Gasteiger partial charge in [0.1, 0.15) is 5.52 Å². The van der Waals surface area contributed by atoms with Crippen LogP contribution in [0.5, 0.6) is 0 Å². The molecule has 0 spiro atoms. The van der Waals surface area contributed by atoms with E-state index in [9.17, 15) is 9.59 Å². The van der Waals surface area contributed by atoms with Crippen molar-refractivity contribution < 1.29 is 14.3 Å². The summed E-state index contributed by atoms with van der Waals surface area (Å²) in [5.41, 5.74) is 4.24. The maximum absolute atomic E-state index is 13.0. The van der Waals surface area contributed by atoms with Crippen molar-refractivity contribution in [1.29, 1.82) is 0 Å². The lowest BCUT2D eigenvalue weighted by Crippen LogP contribution is -2.32. The molecule has 0 aliphatic heterocycles. The number of benzene rings is 3. The van der Waals surface area contributed by atoms with Gasteiger partial charge < -0.3 is 14.6 Å². The first kappa shape index (κ1) is 21.6. The normalized spacial score (nSPS) is 12.2. The van der Waals surface area contributed by atoms with E-state index in [1.165, 1.54) is 6.20 Å². The number of rotatable bonds is 6. The number of aromatic nitrogens is 3. The minimum Gasteiger partial charge on any atom is -0.449 e. The van der Waals surface area contributed by atoms with Crippen LogP contribution in [0.1, 0.15) is 30.6 Å². The van der Waals surface area contributed by atoms with E-state index >= 15 is 0 Å². The van der Waals surface area contributed by atoms with Gasteiger partial charge in [-0.25, -0.2) is 4.79 Å². The molecule has 7 heteroatoms. The van der Waals surface area contributed by atoms with E-state index in [1.807, 2.05) is 30.3 Å². The fourth-order valence-corrected chi connectivity index (χ4v) is 4.37. The quantitative estimate of drug-likeness (QED) is 0.352. The topological polar surface area (TPSA) is 86.1 Å². The Morgan fingerprint density at radius 2 is 1.74 bits per heavy atom. The number of esters is 1. The summed E-state index contributed by atoms with van der Waals surface area (Å²) < 4.78 is 7.83. The Labute approximate surface area is 196 Å². The van der Waals surface area contributed by atoms with Crippen LogP contribution in [0.25, 0.3) is 32.8 Å². The number of carbonyl (C=O) groups excluding carboxylic acids is 2. The number of carbonyl (C=O) groups is 2. The van der Waals surface area contributed by atoms with Gasteiger partial charge >= 0.3 is 5.97 Å². The van der Waals surface area contributed by atoms with Crippen molar-refractivity contribution in [1.82, 2.24) is 14.5 Å². The van der Waals surface area contributed by atoms with Crippen LogP contribution in [-0.4, -0.2) is 32.5 Å². The number of nitrogens with zero attached hydrogens (tertiary/aromatic N) is 3. The number of para-hydroxylation sites is 2. The molecule has 5 aromatic rings. The Balaban J connectivity index is 1.39. The fourth-order valence-electron chi connectivity index (χ4n) is 4.37. The van der Waals surface area contributed by atoms with Gasteiger partial charge in [-0.2, -0.15) is 0 Å². The summed E-state index contributed by atoms with van der Waals surface area (Å²) in [6, 6.07) is 19.2. The van der Waals surface area contributed by atoms with Crippen molar-refractivity contribution in [3.05, 3.63) is 78.6 Å². The molecule has 1 unspecified atom stereocenters. The van der Waals surface area contributed by atoms with Crippen molar-refractivity contribution in [2.45, 2.75) is 32.9 Å². The molecular weight excluding hydrogens is 428 g/mol. The van der Waals surface area contributed by atoms with Crippen molar-refractivity contribution >= 4 is 50.4 Å². The second-order valence-electron chi connectivity index (χ2n) is 8.01. The van der Waals surface area contributed by atoms with Gasteiger partial charge in [0.2, 0.25) is 0 Å². The Bertz CT molecular complexity index is 1530. The van der Waals surface area contributed by atoms with E-state index in [-0.39, 0.29) is 11.5 Å². The van der Waals surface area contributed by atoms with Crippen molar-refractivity contribution in [3.63, 3.8) is 0 Å². The SMILES string of the molecule is CCC(OC(=O)c1cccc2nccnc12)C(=O)Nc1ccc2c(c1)c1ccccc1n2CC. The minimum absolute atomic E-state index is 0.283. The Morgan fingerprint density at radius 3 is 2.56 bits per heavy atom. The van der Waals surface area contributed by atoms with Crippen LogP contribution < -0.4 is 5.32 Å². The number of nitrogens with one attached hydrogen (secondary N) is 1. The number of hydrogen-bond acceptors (Lipinski definition) is 5. The molecule has 34 heavy (non-hydrogen) atoms. The molecule has 0 bridgehead atoms. The van der Waals surface area contributed by atoms with Gasteiger partial charge in [-0.1, -0.05) is 31.2 Å². The van der Waals surface area contributed by atoms with E-state index in [4.69, 9.17) is 4.74 Å². The standard InChI is InChI=1S/C27H24N4O3/c1-3-24(34-27(33)19-9-7-10-21-25(19)29-15-14-28-21)26(32)30-17-12-13-23-20(16-17)18-8-5-6-11-22(18)31(23)4-2/h5-16,24H,3-4H2,1-2H3,(H,30,32). The van der Waals surface area contributed by atoms with Crippen LogP contribution in [-0.2, 0) is 16.1 Å². The highest BCUT2D eigenvalue weighted by atomic mass is 16.5. The third-order valence-corrected chi connectivity index (χ3v) is 5.99. The van der Waals surface area contributed by atoms with E-state index in [0.29, 0.717) is 23.1 Å². The summed E-state index contributed by atoms with van der Waals surface area (Å²) in [7, 11) is 0. The zero-order chi connectivity index (χ0) is 23.7. The van der Waals surface area contributed by atoms with E-state index in [1.54, 1.807) is 31.3 Å². The third kappa shape index (κ3) is 3.75. The largest absolute Gasteiger partial charge is 0.449 e. The molecule has 5 rings (SSSR count). The maximum Gasteiger partial charge on any atom is 0.341 e. The number of fused-ring (bicyclic) bond motifs is 4. The average Bonchev–Trinajstić information content (AvgIpc) is 3.19. The van der Waals surface area contributed by atoms with Crippen LogP contribution >= 0.6 is 0 Å². The van der Waals surface area contributed by atoms with Gasteiger partial charge in [0.05, 0.1) is 11.1 Å². The van der Waals surface area contributed by atoms with Gasteiger partial charge in [-0.15, -0.1) is 0 Å². The number of amides is 1. The molecule has 0 fully saturated rings. The lowest BCUT2D eigenvalue weighted by Gasteiger charge is -2.16. The van der Waals surface area contributed by atoms with E-state index in [0.717, 1.165) is 28.4 Å². The van der Waals surface area contributed by atoms with Gasteiger partial charge in [-0.3, -0.25) is 14.8 Å². The van der Waals surface area contributed by atoms with Crippen molar-refractivity contribution in [3.8, 4) is 0 Å². The summed E-state index contributed by atoms with van der Waals surface area (Å²) in [5.74, 6) is -0.977. The summed E-state index contributed by atoms with van der Waals surface area (Å²) in [6.07, 6.45) is 2.49. The predicted molar refractivity (Wildman–Crippen MR) is 133 cm³/mol. The zero-order valence-electron chi connectivity index (χ0n) is 19.0. The molecule has 3 aromatic carbocycles. The van der Waals surface area contributed by atoms with Gasteiger partial charge in [0.25, 0.3) is 5.91 Å². The Morgan fingerprint density at radius 1 is 0.941 bits per heavy atom. The molecular formula is C27H24N4O3. The molecule has 0 aliphatic rings. The molecule has 2 heterocycles. The zero-order valence-corrected chi connectivity index (χ0v) is 19.0. The Kier molecular flexibility index (Phi) is 5.67. The number of anilines is 1. The lowest BCUT2D eigenvalue weighted by molar-refractivity contribution is -0.124. The smallest absolute Gasteiger partial charge is 0.341 e. The molecule has 1 atom stereocenters. The number of hydrogen-bond donors (Lipinski definition) is 1. The predicted octanol–water partition coefficient (Wildman–Crippen LogP) is 5.33. The van der Waals surface area contributed by atoms with Crippen LogP contribution in [0.4, 0.5) is 5.69 Å².